The third-order valence-electron chi connectivity index (χ3n) is 2.28. The van der Waals surface area contributed by atoms with Crippen LogP contribution in [0.15, 0.2) is 18.2 Å². The quantitative estimate of drug-likeness (QED) is 0.516. The van der Waals surface area contributed by atoms with Gasteiger partial charge in [-0.05, 0) is 12.1 Å². The van der Waals surface area contributed by atoms with Crippen molar-refractivity contribution < 1.29 is 23.3 Å². The molecule has 6 heteroatoms. The van der Waals surface area contributed by atoms with Gasteiger partial charge in [0.15, 0.2) is 11.6 Å². The van der Waals surface area contributed by atoms with Gasteiger partial charge in [0, 0.05) is 7.11 Å². The summed E-state index contributed by atoms with van der Waals surface area (Å²) < 4.78 is 33.8. The third kappa shape index (κ3) is 6.37. The highest BCUT2D eigenvalue weighted by molar-refractivity contribution is 5.52. The van der Waals surface area contributed by atoms with Crippen LogP contribution >= 0.6 is 0 Å². The molecule has 0 aromatic heterocycles. The second-order valence-corrected chi connectivity index (χ2v) is 3.72. The molecule has 0 unspecified atom stereocenters. The lowest BCUT2D eigenvalue weighted by Crippen LogP contribution is -2.13. The molecule has 0 saturated carbocycles. The van der Waals surface area contributed by atoms with Crippen molar-refractivity contribution in [3.05, 3.63) is 24.0 Å². The predicted octanol–water partition coefficient (Wildman–Crippen LogP) is 1.47. The number of hydrogen-bond acceptors (Lipinski definition) is 5. The van der Waals surface area contributed by atoms with Crippen LogP contribution in [-0.4, -0.2) is 46.8 Å². The lowest BCUT2D eigenvalue weighted by atomic mass is 10.3. The Morgan fingerprint density at radius 2 is 1.63 bits per heavy atom. The van der Waals surface area contributed by atoms with Gasteiger partial charge in [0.2, 0.25) is 0 Å². The maximum absolute atomic E-state index is 13.3. The second kappa shape index (κ2) is 9.55. The number of nitrogen functional groups attached to an aromatic ring is 1. The number of ether oxygens (including phenoxy) is 4. The normalized spacial score (nSPS) is 10.6. The monoisotopic (exact) mass is 273 g/mol. The van der Waals surface area contributed by atoms with Crippen molar-refractivity contribution in [1.29, 1.82) is 0 Å². The SMILES string of the molecule is COCCOCCOCCOc1c(N)cccc1F. The minimum atomic E-state index is -0.470. The first-order chi connectivity index (χ1) is 9.25. The Kier molecular flexibility index (Phi) is 7.88. The van der Waals surface area contributed by atoms with Gasteiger partial charge in [-0.15, -0.1) is 0 Å². The zero-order valence-corrected chi connectivity index (χ0v) is 11.1. The highest BCUT2D eigenvalue weighted by Gasteiger charge is 2.06. The second-order valence-electron chi connectivity index (χ2n) is 3.72. The fraction of sp³-hybridized carbons (Fsp3) is 0.538. The van der Waals surface area contributed by atoms with E-state index < -0.39 is 5.82 Å². The van der Waals surface area contributed by atoms with E-state index in [1.807, 2.05) is 0 Å². The molecule has 0 aliphatic heterocycles. The van der Waals surface area contributed by atoms with E-state index in [0.717, 1.165) is 0 Å². The molecular weight excluding hydrogens is 253 g/mol. The Labute approximate surface area is 112 Å². The summed E-state index contributed by atoms with van der Waals surface area (Å²) in [6, 6.07) is 4.42. The maximum Gasteiger partial charge on any atom is 0.177 e. The lowest BCUT2D eigenvalue weighted by Gasteiger charge is -2.10. The molecule has 2 N–H and O–H groups in total. The van der Waals surface area contributed by atoms with Crippen LogP contribution in [0, 0.1) is 5.82 Å². The molecule has 0 aliphatic rings. The lowest BCUT2D eigenvalue weighted by molar-refractivity contribution is 0.0178. The van der Waals surface area contributed by atoms with Gasteiger partial charge in [-0.3, -0.25) is 0 Å². The summed E-state index contributed by atoms with van der Waals surface area (Å²) in [5, 5.41) is 0. The van der Waals surface area contributed by atoms with Gasteiger partial charge in [-0.1, -0.05) is 6.07 Å². The van der Waals surface area contributed by atoms with Crippen LogP contribution < -0.4 is 10.5 Å². The number of nitrogens with two attached hydrogens (primary N) is 1. The van der Waals surface area contributed by atoms with Gasteiger partial charge in [-0.2, -0.15) is 0 Å². The summed E-state index contributed by atoms with van der Waals surface area (Å²) >= 11 is 0. The first-order valence-electron chi connectivity index (χ1n) is 6.07. The van der Waals surface area contributed by atoms with E-state index >= 15 is 0 Å². The van der Waals surface area contributed by atoms with E-state index in [1.165, 1.54) is 12.1 Å². The Hall–Kier alpha value is -1.37. The van der Waals surface area contributed by atoms with Gasteiger partial charge in [-0.25, -0.2) is 4.39 Å². The van der Waals surface area contributed by atoms with E-state index in [2.05, 4.69) is 0 Å². The Morgan fingerprint density at radius 1 is 1.00 bits per heavy atom. The molecule has 0 bridgehead atoms. The zero-order chi connectivity index (χ0) is 13.9. The number of halogens is 1. The standard InChI is InChI=1S/C13H20FNO4/c1-16-5-6-17-7-8-18-9-10-19-13-11(14)3-2-4-12(13)15/h2-4H,5-10,15H2,1H3. The van der Waals surface area contributed by atoms with Crippen molar-refractivity contribution in [3.63, 3.8) is 0 Å². The van der Waals surface area contributed by atoms with Crippen molar-refractivity contribution >= 4 is 5.69 Å². The largest absolute Gasteiger partial charge is 0.486 e. The smallest absolute Gasteiger partial charge is 0.177 e. The van der Waals surface area contributed by atoms with E-state index in [0.29, 0.717) is 33.0 Å². The van der Waals surface area contributed by atoms with E-state index in [-0.39, 0.29) is 18.0 Å². The van der Waals surface area contributed by atoms with Crippen molar-refractivity contribution in [2.24, 2.45) is 0 Å². The number of hydrogen-bond donors (Lipinski definition) is 1. The van der Waals surface area contributed by atoms with E-state index in [4.69, 9.17) is 24.7 Å². The van der Waals surface area contributed by atoms with Gasteiger partial charge in [0.05, 0.1) is 38.7 Å². The van der Waals surface area contributed by atoms with E-state index in [1.54, 1.807) is 13.2 Å². The fourth-order valence-corrected chi connectivity index (χ4v) is 1.34. The van der Waals surface area contributed by atoms with Crippen LogP contribution in [0.25, 0.3) is 0 Å². The fourth-order valence-electron chi connectivity index (χ4n) is 1.34. The van der Waals surface area contributed by atoms with Gasteiger partial charge >= 0.3 is 0 Å². The molecule has 0 atom stereocenters. The first-order valence-corrected chi connectivity index (χ1v) is 6.07. The van der Waals surface area contributed by atoms with Gasteiger partial charge in [0.1, 0.15) is 6.61 Å². The number of para-hydroxylation sites is 1. The van der Waals surface area contributed by atoms with Gasteiger partial charge in [0.25, 0.3) is 0 Å². The third-order valence-corrected chi connectivity index (χ3v) is 2.28. The molecule has 1 aromatic rings. The average Bonchev–Trinajstić information content (AvgIpc) is 2.40. The summed E-state index contributed by atoms with van der Waals surface area (Å²) in [6.07, 6.45) is 0. The molecule has 19 heavy (non-hydrogen) atoms. The van der Waals surface area contributed by atoms with Crippen LogP contribution in [0.2, 0.25) is 0 Å². The van der Waals surface area contributed by atoms with Crippen LogP contribution in [0.4, 0.5) is 10.1 Å². The van der Waals surface area contributed by atoms with Crippen molar-refractivity contribution in [1.82, 2.24) is 0 Å². The highest BCUT2D eigenvalue weighted by atomic mass is 19.1. The molecule has 0 fully saturated rings. The number of benzene rings is 1. The summed E-state index contributed by atoms with van der Waals surface area (Å²) in [4.78, 5) is 0. The summed E-state index contributed by atoms with van der Waals surface area (Å²) in [5.74, 6) is -0.398. The van der Waals surface area contributed by atoms with Crippen LogP contribution in [-0.2, 0) is 14.2 Å². The molecule has 0 heterocycles. The number of rotatable bonds is 10. The van der Waals surface area contributed by atoms with Crippen molar-refractivity contribution in [3.8, 4) is 5.75 Å². The first kappa shape index (κ1) is 15.7. The number of anilines is 1. The van der Waals surface area contributed by atoms with Crippen LogP contribution in [0.1, 0.15) is 0 Å². The molecule has 5 nitrogen and oxygen atoms in total. The maximum atomic E-state index is 13.3. The molecule has 0 amide bonds. The Morgan fingerprint density at radius 3 is 2.26 bits per heavy atom. The minimum absolute atomic E-state index is 0.0717. The van der Waals surface area contributed by atoms with Crippen molar-refractivity contribution in [2.75, 3.05) is 52.5 Å². The van der Waals surface area contributed by atoms with Crippen LogP contribution in [0.3, 0.4) is 0 Å². The predicted molar refractivity (Wildman–Crippen MR) is 69.8 cm³/mol. The zero-order valence-electron chi connectivity index (χ0n) is 11.1. The average molecular weight is 273 g/mol. The molecule has 1 aromatic carbocycles. The number of methoxy groups -OCH3 is 1. The summed E-state index contributed by atoms with van der Waals surface area (Å²) in [7, 11) is 1.62. The highest BCUT2D eigenvalue weighted by Crippen LogP contribution is 2.24. The molecule has 1 rings (SSSR count). The van der Waals surface area contributed by atoms with Crippen LogP contribution in [0.5, 0.6) is 5.75 Å². The minimum Gasteiger partial charge on any atom is -0.486 e. The molecule has 108 valence electrons. The van der Waals surface area contributed by atoms with E-state index in [9.17, 15) is 4.39 Å². The molecule has 0 aliphatic carbocycles. The summed E-state index contributed by atoms with van der Waals surface area (Å²) in [6.45, 7) is 2.65. The molecular formula is C13H20FNO4. The Balaban J connectivity index is 2.05. The van der Waals surface area contributed by atoms with Crippen molar-refractivity contribution in [2.45, 2.75) is 0 Å². The topological polar surface area (TPSA) is 62.9 Å². The molecule has 0 radical (unpaired) electrons. The molecule has 0 saturated heterocycles. The Bertz CT molecular complexity index is 342. The summed E-state index contributed by atoms with van der Waals surface area (Å²) in [5.41, 5.74) is 5.87. The van der Waals surface area contributed by atoms with Gasteiger partial charge < -0.3 is 24.7 Å². The molecule has 0 spiro atoms.